The standard InChI is InChI=1S/C14H19N3O/c1-14(2,10-15)7-8-17-12-6-4-3-5-11(12)13(18)9-16-17/h3-6,9H,7-8,10,15H2,1-2H3. The van der Waals surface area contributed by atoms with E-state index in [9.17, 15) is 4.79 Å². The van der Waals surface area contributed by atoms with E-state index in [-0.39, 0.29) is 10.8 Å². The summed E-state index contributed by atoms with van der Waals surface area (Å²) in [6.07, 6.45) is 2.32. The van der Waals surface area contributed by atoms with Crippen LogP contribution < -0.4 is 11.2 Å². The Morgan fingerprint density at radius 3 is 2.78 bits per heavy atom. The molecule has 0 atom stereocenters. The van der Waals surface area contributed by atoms with Crippen molar-refractivity contribution in [2.45, 2.75) is 26.8 Å². The third kappa shape index (κ3) is 2.59. The summed E-state index contributed by atoms with van der Waals surface area (Å²) in [5, 5.41) is 4.93. The minimum absolute atomic E-state index is 0.0278. The second-order valence-electron chi connectivity index (χ2n) is 5.37. The highest BCUT2D eigenvalue weighted by molar-refractivity contribution is 5.77. The fourth-order valence-corrected chi connectivity index (χ4v) is 1.85. The third-order valence-electron chi connectivity index (χ3n) is 3.31. The number of aryl methyl sites for hydroxylation is 1. The van der Waals surface area contributed by atoms with Crippen molar-refractivity contribution in [3.63, 3.8) is 0 Å². The van der Waals surface area contributed by atoms with Gasteiger partial charge < -0.3 is 5.73 Å². The number of nitrogens with two attached hydrogens (primary N) is 1. The van der Waals surface area contributed by atoms with Gasteiger partial charge in [0, 0.05) is 11.9 Å². The summed E-state index contributed by atoms with van der Waals surface area (Å²) >= 11 is 0. The van der Waals surface area contributed by atoms with Gasteiger partial charge in [0.05, 0.1) is 11.7 Å². The molecule has 0 bridgehead atoms. The predicted octanol–water partition coefficient (Wildman–Crippen LogP) is 1.77. The van der Waals surface area contributed by atoms with Gasteiger partial charge in [-0.3, -0.25) is 9.48 Å². The van der Waals surface area contributed by atoms with Crippen LogP contribution in [0.5, 0.6) is 0 Å². The van der Waals surface area contributed by atoms with E-state index >= 15 is 0 Å². The van der Waals surface area contributed by atoms with E-state index in [4.69, 9.17) is 5.73 Å². The Labute approximate surface area is 106 Å². The van der Waals surface area contributed by atoms with Crippen LogP contribution in [-0.4, -0.2) is 16.3 Å². The van der Waals surface area contributed by atoms with Gasteiger partial charge in [0.2, 0.25) is 5.43 Å². The van der Waals surface area contributed by atoms with Crippen molar-refractivity contribution in [1.29, 1.82) is 0 Å². The van der Waals surface area contributed by atoms with Crippen LogP contribution in [-0.2, 0) is 6.54 Å². The number of nitrogens with zero attached hydrogens (tertiary/aromatic N) is 2. The molecule has 1 aromatic carbocycles. The first kappa shape index (κ1) is 12.8. The normalized spacial score (nSPS) is 11.9. The highest BCUT2D eigenvalue weighted by atomic mass is 16.1. The maximum absolute atomic E-state index is 11.7. The van der Waals surface area contributed by atoms with Gasteiger partial charge in [0.15, 0.2) is 0 Å². The number of fused-ring (bicyclic) bond motifs is 1. The van der Waals surface area contributed by atoms with Crippen molar-refractivity contribution in [2.24, 2.45) is 11.1 Å². The van der Waals surface area contributed by atoms with Crippen molar-refractivity contribution >= 4 is 10.9 Å². The molecule has 96 valence electrons. The highest BCUT2D eigenvalue weighted by Crippen LogP contribution is 2.19. The van der Waals surface area contributed by atoms with Gasteiger partial charge in [0.25, 0.3) is 0 Å². The van der Waals surface area contributed by atoms with E-state index in [1.165, 1.54) is 6.20 Å². The zero-order chi connectivity index (χ0) is 13.2. The van der Waals surface area contributed by atoms with Crippen LogP contribution in [0.1, 0.15) is 20.3 Å². The van der Waals surface area contributed by atoms with E-state index in [1.54, 1.807) is 0 Å². The molecule has 0 fully saturated rings. The average Bonchev–Trinajstić information content (AvgIpc) is 2.38. The molecule has 0 aliphatic heterocycles. The zero-order valence-corrected chi connectivity index (χ0v) is 10.9. The summed E-state index contributed by atoms with van der Waals surface area (Å²) in [7, 11) is 0. The highest BCUT2D eigenvalue weighted by Gasteiger charge is 2.15. The van der Waals surface area contributed by atoms with Gasteiger partial charge >= 0.3 is 0 Å². The molecule has 0 radical (unpaired) electrons. The molecule has 0 saturated heterocycles. The topological polar surface area (TPSA) is 60.9 Å². The minimum Gasteiger partial charge on any atom is -0.330 e. The van der Waals surface area contributed by atoms with Gasteiger partial charge in [-0.15, -0.1) is 0 Å². The van der Waals surface area contributed by atoms with Crippen molar-refractivity contribution in [3.8, 4) is 0 Å². The lowest BCUT2D eigenvalue weighted by atomic mass is 9.90. The van der Waals surface area contributed by atoms with Crippen molar-refractivity contribution in [3.05, 3.63) is 40.7 Å². The van der Waals surface area contributed by atoms with E-state index in [0.29, 0.717) is 6.54 Å². The quantitative estimate of drug-likeness (QED) is 0.893. The molecule has 4 heteroatoms. The lowest BCUT2D eigenvalue weighted by molar-refractivity contribution is 0.318. The first-order chi connectivity index (χ1) is 8.53. The molecular formula is C14H19N3O. The maximum Gasteiger partial charge on any atom is 0.207 e. The smallest absolute Gasteiger partial charge is 0.207 e. The molecule has 0 spiro atoms. The van der Waals surface area contributed by atoms with Crippen molar-refractivity contribution in [2.75, 3.05) is 6.54 Å². The second kappa shape index (κ2) is 4.90. The van der Waals surface area contributed by atoms with E-state index < -0.39 is 0 Å². The lowest BCUT2D eigenvalue weighted by Gasteiger charge is -2.22. The van der Waals surface area contributed by atoms with Crippen LogP contribution >= 0.6 is 0 Å². The Hall–Kier alpha value is -1.68. The summed E-state index contributed by atoms with van der Waals surface area (Å²) in [4.78, 5) is 11.7. The number of hydrogen-bond acceptors (Lipinski definition) is 3. The molecule has 4 nitrogen and oxygen atoms in total. The van der Waals surface area contributed by atoms with E-state index in [1.807, 2.05) is 28.9 Å². The largest absolute Gasteiger partial charge is 0.330 e. The fourth-order valence-electron chi connectivity index (χ4n) is 1.85. The summed E-state index contributed by atoms with van der Waals surface area (Å²) in [6, 6.07) is 7.56. The van der Waals surface area contributed by atoms with Gasteiger partial charge in [-0.25, -0.2) is 0 Å². The monoisotopic (exact) mass is 245 g/mol. The maximum atomic E-state index is 11.7. The number of hydrogen-bond donors (Lipinski definition) is 1. The Kier molecular flexibility index (Phi) is 3.48. The van der Waals surface area contributed by atoms with Crippen molar-refractivity contribution < 1.29 is 0 Å². The first-order valence-electron chi connectivity index (χ1n) is 6.18. The molecule has 2 rings (SSSR count). The molecule has 0 amide bonds. The molecule has 1 heterocycles. The average molecular weight is 245 g/mol. The van der Waals surface area contributed by atoms with Gasteiger partial charge in [-0.05, 0) is 30.5 Å². The van der Waals surface area contributed by atoms with Crippen LogP contribution in [0.25, 0.3) is 10.9 Å². The van der Waals surface area contributed by atoms with Crippen LogP contribution in [0.2, 0.25) is 0 Å². The molecular weight excluding hydrogens is 226 g/mol. The van der Waals surface area contributed by atoms with Gasteiger partial charge in [0.1, 0.15) is 0 Å². The molecule has 0 saturated carbocycles. The number of aromatic nitrogens is 2. The summed E-state index contributed by atoms with van der Waals surface area (Å²) < 4.78 is 1.88. The number of benzene rings is 1. The molecule has 2 N–H and O–H groups in total. The number of rotatable bonds is 4. The minimum atomic E-state index is -0.0278. The van der Waals surface area contributed by atoms with Gasteiger partial charge in [-0.2, -0.15) is 5.10 Å². The molecule has 18 heavy (non-hydrogen) atoms. The van der Waals surface area contributed by atoms with Gasteiger partial charge in [-0.1, -0.05) is 26.0 Å². The zero-order valence-electron chi connectivity index (χ0n) is 10.9. The SMILES string of the molecule is CC(C)(CN)CCn1ncc(=O)c2ccccc21. The molecule has 1 aromatic heterocycles. The summed E-state index contributed by atoms with van der Waals surface area (Å²) in [6.45, 7) is 5.69. The molecule has 2 aromatic rings. The lowest BCUT2D eigenvalue weighted by Crippen LogP contribution is -2.26. The summed E-state index contributed by atoms with van der Waals surface area (Å²) in [5.41, 5.74) is 6.68. The predicted molar refractivity (Wildman–Crippen MR) is 73.5 cm³/mol. The van der Waals surface area contributed by atoms with Crippen LogP contribution in [0.3, 0.4) is 0 Å². The Balaban J connectivity index is 2.35. The molecule has 0 aliphatic carbocycles. The molecule has 0 unspecified atom stereocenters. The number of para-hydroxylation sites is 1. The fraction of sp³-hybridized carbons (Fsp3) is 0.429. The van der Waals surface area contributed by atoms with Crippen LogP contribution in [0, 0.1) is 5.41 Å². The van der Waals surface area contributed by atoms with Crippen LogP contribution in [0.15, 0.2) is 35.3 Å². The second-order valence-corrected chi connectivity index (χ2v) is 5.37. The van der Waals surface area contributed by atoms with E-state index in [2.05, 4.69) is 18.9 Å². The first-order valence-corrected chi connectivity index (χ1v) is 6.18. The summed E-state index contributed by atoms with van der Waals surface area (Å²) in [5.74, 6) is 0. The van der Waals surface area contributed by atoms with Crippen LogP contribution in [0.4, 0.5) is 0 Å². The Morgan fingerprint density at radius 1 is 1.33 bits per heavy atom. The Bertz CT molecular complexity index is 601. The third-order valence-corrected chi connectivity index (χ3v) is 3.31. The molecule has 0 aliphatic rings. The van der Waals surface area contributed by atoms with E-state index in [0.717, 1.165) is 23.9 Å². The Morgan fingerprint density at radius 2 is 2.06 bits per heavy atom. The van der Waals surface area contributed by atoms with Crippen molar-refractivity contribution in [1.82, 2.24) is 9.78 Å².